The van der Waals surface area contributed by atoms with E-state index in [-0.39, 0.29) is 5.56 Å². The van der Waals surface area contributed by atoms with Gasteiger partial charge in [-0.1, -0.05) is 36.0 Å². The van der Waals surface area contributed by atoms with E-state index in [1.165, 1.54) is 11.8 Å². The molecular weight excluding hydrogens is 392 g/mol. The number of benzene rings is 3. The summed E-state index contributed by atoms with van der Waals surface area (Å²) in [5.74, 6) is 0.607. The van der Waals surface area contributed by atoms with Crippen molar-refractivity contribution in [2.24, 2.45) is 0 Å². The molecule has 0 aliphatic rings. The number of fused-ring (bicyclic) bond motifs is 1. The third-order valence-electron chi connectivity index (χ3n) is 4.79. The van der Waals surface area contributed by atoms with Crippen molar-refractivity contribution in [3.63, 3.8) is 0 Å². The summed E-state index contributed by atoms with van der Waals surface area (Å²) in [6.07, 6.45) is 0. The van der Waals surface area contributed by atoms with Crippen molar-refractivity contribution in [1.82, 2.24) is 9.55 Å². The molecule has 4 rings (SSSR count). The summed E-state index contributed by atoms with van der Waals surface area (Å²) < 4.78 is 1.67. The Balaban J connectivity index is 1.80. The summed E-state index contributed by atoms with van der Waals surface area (Å²) in [6.45, 7) is 0. The Hall–Kier alpha value is -3.56. The fraction of sp³-hybridized carbons (Fsp3) is 0.125. The third kappa shape index (κ3) is 3.93. The van der Waals surface area contributed by atoms with Crippen LogP contribution in [-0.4, -0.2) is 23.6 Å². The molecule has 0 spiro atoms. The maximum atomic E-state index is 13.3. The van der Waals surface area contributed by atoms with E-state index in [0.29, 0.717) is 27.4 Å². The van der Waals surface area contributed by atoms with Crippen molar-refractivity contribution in [3.05, 3.63) is 94.3 Å². The summed E-state index contributed by atoms with van der Waals surface area (Å²) in [6, 6.07) is 24.9. The van der Waals surface area contributed by atoms with Crippen LogP contribution in [0.25, 0.3) is 16.6 Å². The molecule has 0 aliphatic heterocycles. The van der Waals surface area contributed by atoms with Crippen LogP contribution >= 0.6 is 11.8 Å². The minimum Gasteiger partial charge on any atom is -0.378 e. The highest BCUT2D eigenvalue weighted by molar-refractivity contribution is 7.98. The Morgan fingerprint density at radius 2 is 1.80 bits per heavy atom. The van der Waals surface area contributed by atoms with Crippen molar-refractivity contribution in [2.75, 3.05) is 19.0 Å². The van der Waals surface area contributed by atoms with Gasteiger partial charge in [0.05, 0.1) is 28.2 Å². The maximum Gasteiger partial charge on any atom is 0.266 e. The topological polar surface area (TPSA) is 61.9 Å². The number of nitriles is 1. The number of hydrogen-bond donors (Lipinski definition) is 0. The summed E-state index contributed by atoms with van der Waals surface area (Å²) in [5, 5.41) is 10.3. The monoisotopic (exact) mass is 412 g/mol. The largest absolute Gasteiger partial charge is 0.378 e. The van der Waals surface area contributed by atoms with Crippen LogP contribution in [-0.2, 0) is 5.75 Å². The van der Waals surface area contributed by atoms with Gasteiger partial charge in [0, 0.05) is 25.5 Å². The van der Waals surface area contributed by atoms with E-state index in [1.54, 1.807) is 16.7 Å². The Bertz CT molecular complexity index is 1300. The van der Waals surface area contributed by atoms with Crippen LogP contribution in [0.5, 0.6) is 0 Å². The van der Waals surface area contributed by atoms with E-state index in [2.05, 4.69) is 6.07 Å². The average Bonchev–Trinajstić information content (AvgIpc) is 2.78. The second-order valence-corrected chi connectivity index (χ2v) is 8.01. The zero-order valence-electron chi connectivity index (χ0n) is 16.7. The van der Waals surface area contributed by atoms with Gasteiger partial charge < -0.3 is 4.90 Å². The number of anilines is 1. The molecule has 0 N–H and O–H groups in total. The molecular formula is C24H20N4OS. The Morgan fingerprint density at radius 1 is 1.03 bits per heavy atom. The van der Waals surface area contributed by atoms with Gasteiger partial charge in [0.25, 0.3) is 5.56 Å². The first-order valence-corrected chi connectivity index (χ1v) is 10.5. The molecule has 0 saturated carbocycles. The van der Waals surface area contributed by atoms with E-state index in [1.807, 2.05) is 79.7 Å². The van der Waals surface area contributed by atoms with Crippen LogP contribution in [0.2, 0.25) is 0 Å². The van der Waals surface area contributed by atoms with E-state index in [0.717, 1.165) is 16.9 Å². The molecule has 148 valence electrons. The highest BCUT2D eigenvalue weighted by atomic mass is 32.2. The molecule has 0 unspecified atom stereocenters. The highest BCUT2D eigenvalue weighted by Gasteiger charge is 2.14. The van der Waals surface area contributed by atoms with E-state index >= 15 is 0 Å². The minimum atomic E-state index is -0.0912. The first-order chi connectivity index (χ1) is 14.6. The second-order valence-electron chi connectivity index (χ2n) is 7.06. The number of nitrogens with zero attached hydrogens (tertiary/aromatic N) is 4. The minimum absolute atomic E-state index is 0.0912. The van der Waals surface area contributed by atoms with Gasteiger partial charge in [-0.25, -0.2) is 4.98 Å². The van der Waals surface area contributed by atoms with Crippen LogP contribution in [0.3, 0.4) is 0 Å². The lowest BCUT2D eigenvalue weighted by molar-refractivity contribution is 0.819. The molecule has 0 saturated heterocycles. The smallest absolute Gasteiger partial charge is 0.266 e. The molecule has 0 fully saturated rings. The van der Waals surface area contributed by atoms with Crippen molar-refractivity contribution < 1.29 is 0 Å². The molecule has 0 amide bonds. The molecule has 0 aliphatic carbocycles. The quantitative estimate of drug-likeness (QED) is 0.354. The summed E-state index contributed by atoms with van der Waals surface area (Å²) in [7, 11) is 3.96. The zero-order chi connectivity index (χ0) is 21.1. The molecule has 5 nitrogen and oxygen atoms in total. The number of hydrogen-bond acceptors (Lipinski definition) is 5. The van der Waals surface area contributed by atoms with Crippen molar-refractivity contribution in [2.45, 2.75) is 10.9 Å². The van der Waals surface area contributed by atoms with Gasteiger partial charge in [0.2, 0.25) is 0 Å². The SMILES string of the molecule is CN(C)c1ccc(-n2c(SCc3cccc(C#N)c3)nc3ccccc3c2=O)cc1. The summed E-state index contributed by atoms with van der Waals surface area (Å²) >= 11 is 1.49. The average molecular weight is 413 g/mol. The fourth-order valence-corrected chi connectivity index (χ4v) is 4.17. The van der Waals surface area contributed by atoms with E-state index < -0.39 is 0 Å². The molecule has 4 aromatic rings. The van der Waals surface area contributed by atoms with Crippen LogP contribution in [0.4, 0.5) is 5.69 Å². The normalized spacial score (nSPS) is 10.7. The Labute approximate surface area is 179 Å². The lowest BCUT2D eigenvalue weighted by Gasteiger charge is -2.16. The molecule has 30 heavy (non-hydrogen) atoms. The second kappa shape index (κ2) is 8.44. The highest BCUT2D eigenvalue weighted by Crippen LogP contribution is 2.26. The van der Waals surface area contributed by atoms with Crippen molar-refractivity contribution >= 4 is 28.4 Å². The van der Waals surface area contributed by atoms with E-state index in [4.69, 9.17) is 10.2 Å². The number of thioether (sulfide) groups is 1. The van der Waals surface area contributed by atoms with Gasteiger partial charge in [-0.2, -0.15) is 5.26 Å². The van der Waals surface area contributed by atoms with Gasteiger partial charge in [0.15, 0.2) is 5.16 Å². The zero-order valence-corrected chi connectivity index (χ0v) is 17.6. The van der Waals surface area contributed by atoms with Crippen LogP contribution in [0.1, 0.15) is 11.1 Å². The Morgan fingerprint density at radius 3 is 2.53 bits per heavy atom. The molecule has 1 aromatic heterocycles. The van der Waals surface area contributed by atoms with Crippen molar-refractivity contribution in [3.8, 4) is 11.8 Å². The number of aromatic nitrogens is 2. The summed E-state index contributed by atoms with van der Waals surface area (Å²) in [5.41, 5.74) is 4.05. The van der Waals surface area contributed by atoms with Gasteiger partial charge in [0.1, 0.15) is 0 Å². The van der Waals surface area contributed by atoms with Crippen LogP contribution < -0.4 is 10.5 Å². The Kier molecular flexibility index (Phi) is 5.55. The molecule has 3 aromatic carbocycles. The molecule has 0 atom stereocenters. The first-order valence-electron chi connectivity index (χ1n) is 9.48. The number of para-hydroxylation sites is 1. The summed E-state index contributed by atoms with van der Waals surface area (Å²) in [4.78, 5) is 20.1. The van der Waals surface area contributed by atoms with Gasteiger partial charge in [-0.15, -0.1) is 0 Å². The fourth-order valence-electron chi connectivity index (χ4n) is 3.22. The van der Waals surface area contributed by atoms with E-state index in [9.17, 15) is 4.79 Å². The molecule has 0 bridgehead atoms. The number of rotatable bonds is 5. The van der Waals surface area contributed by atoms with Crippen LogP contribution in [0, 0.1) is 11.3 Å². The lowest BCUT2D eigenvalue weighted by Crippen LogP contribution is -2.22. The third-order valence-corrected chi connectivity index (χ3v) is 5.80. The van der Waals surface area contributed by atoms with Gasteiger partial charge >= 0.3 is 0 Å². The maximum absolute atomic E-state index is 13.3. The van der Waals surface area contributed by atoms with Crippen LogP contribution in [0.15, 0.2) is 82.7 Å². The van der Waals surface area contributed by atoms with Gasteiger partial charge in [-0.3, -0.25) is 9.36 Å². The molecule has 6 heteroatoms. The predicted octanol–water partition coefficient (Wildman–Crippen LogP) is 4.62. The predicted molar refractivity (Wildman–Crippen MR) is 122 cm³/mol. The first kappa shape index (κ1) is 19.7. The molecule has 1 heterocycles. The lowest BCUT2D eigenvalue weighted by atomic mass is 10.2. The standard InChI is InChI=1S/C24H20N4OS/c1-27(2)19-10-12-20(13-11-19)28-23(29)21-8-3-4-9-22(21)26-24(28)30-16-18-7-5-6-17(14-18)15-25/h3-14H,16H2,1-2H3. The van der Waals surface area contributed by atoms with Gasteiger partial charge in [-0.05, 0) is 54.1 Å². The molecule has 0 radical (unpaired) electrons. The van der Waals surface area contributed by atoms with Crippen molar-refractivity contribution in [1.29, 1.82) is 5.26 Å².